The third-order valence-corrected chi connectivity index (χ3v) is 3.81. The van der Waals surface area contributed by atoms with Gasteiger partial charge in [-0.25, -0.2) is 0 Å². The molecule has 6 nitrogen and oxygen atoms in total. The Balaban J connectivity index is 2.69. The van der Waals surface area contributed by atoms with Crippen molar-refractivity contribution in [1.82, 2.24) is 15.5 Å². The van der Waals surface area contributed by atoms with Gasteiger partial charge in [-0.1, -0.05) is 0 Å². The van der Waals surface area contributed by atoms with Crippen LogP contribution >= 0.6 is 25.3 Å². The lowest BCUT2D eigenvalue weighted by Crippen LogP contribution is -2.54. The molecular formula is C12H21N3O3S2. The van der Waals surface area contributed by atoms with Gasteiger partial charge in [0.25, 0.3) is 0 Å². The number of nitrogens with one attached hydrogen (secondary N) is 2. The van der Waals surface area contributed by atoms with Crippen LogP contribution in [-0.2, 0) is 14.4 Å². The molecule has 2 amide bonds. The monoisotopic (exact) mass is 320 g/mol. The van der Waals surface area contributed by atoms with Gasteiger partial charge in [-0.05, 0) is 19.8 Å². The Kier molecular flexibility index (Phi) is 6.68. The highest BCUT2D eigenvalue weighted by atomic mass is 32.1. The van der Waals surface area contributed by atoms with Crippen LogP contribution in [0.1, 0.15) is 21.1 Å². The molecule has 1 heterocycles. The van der Waals surface area contributed by atoms with Crippen LogP contribution in [0.25, 0.3) is 0 Å². The van der Waals surface area contributed by atoms with Gasteiger partial charge in [0, 0.05) is 18.2 Å². The predicted molar refractivity (Wildman–Crippen MR) is 83.0 cm³/mol. The van der Waals surface area contributed by atoms with Crippen molar-refractivity contribution in [1.29, 1.82) is 0 Å². The first-order chi connectivity index (χ1) is 9.92. The van der Waals surface area contributed by atoms with E-state index < -0.39 is 24.4 Å². The zero-order valence-corrected chi connectivity index (χ0v) is 13.1. The fourth-order valence-electron chi connectivity index (χ4n) is 2.06. The van der Waals surface area contributed by atoms with Crippen LogP contribution in [0.4, 0.5) is 0 Å². The van der Waals surface area contributed by atoms with Gasteiger partial charge in [0.15, 0.2) is 0 Å². The smallest absolute Gasteiger partial charge is 0.246 e. The minimum absolute atomic E-state index is 0.133. The number of thiol groups is 2. The van der Waals surface area contributed by atoms with Crippen LogP contribution in [0.15, 0.2) is 0 Å². The second kappa shape index (κ2) is 8.53. The number of rotatable bonds is 7. The topological polar surface area (TPSA) is 78.5 Å². The lowest BCUT2D eigenvalue weighted by Gasteiger charge is -2.26. The number of carbonyl (C=O) groups excluding carboxylic acids is 3. The molecule has 0 aromatic rings. The van der Waals surface area contributed by atoms with Crippen LogP contribution in [-0.4, -0.2) is 59.3 Å². The lowest BCUT2D eigenvalue weighted by molar-refractivity contribution is -0.138. The molecule has 114 valence electrons. The van der Waals surface area contributed by atoms with E-state index in [1.54, 1.807) is 6.92 Å². The molecule has 8 heteroatoms. The number of amides is 2. The van der Waals surface area contributed by atoms with Crippen molar-refractivity contribution in [3.05, 3.63) is 0 Å². The zero-order chi connectivity index (χ0) is 16.0. The molecule has 1 aliphatic rings. The first-order valence-electron chi connectivity index (χ1n) is 6.98. The third kappa shape index (κ3) is 4.39. The summed E-state index contributed by atoms with van der Waals surface area (Å²) < 4.78 is 7.20. The van der Waals surface area contributed by atoms with E-state index in [-0.39, 0.29) is 17.6 Å². The van der Waals surface area contributed by atoms with E-state index in [1.165, 1.54) is 4.90 Å². The molecule has 1 fully saturated rings. The second-order valence-corrected chi connectivity index (χ2v) is 5.32. The largest absolute Gasteiger partial charge is 0.342 e. The molecule has 20 heavy (non-hydrogen) atoms. The van der Waals surface area contributed by atoms with Crippen molar-refractivity contribution < 1.29 is 15.8 Å². The molecule has 0 bridgehead atoms. The van der Waals surface area contributed by atoms with Gasteiger partial charge in [0.1, 0.15) is 13.7 Å². The van der Waals surface area contributed by atoms with E-state index in [9.17, 15) is 14.4 Å². The number of carbonyl (C=O) groups is 3. The van der Waals surface area contributed by atoms with Crippen molar-refractivity contribution in [3.63, 3.8) is 0 Å². The number of nitrogens with zero attached hydrogens (tertiary/aromatic N) is 1. The van der Waals surface area contributed by atoms with Crippen molar-refractivity contribution in [2.75, 3.05) is 18.2 Å². The van der Waals surface area contributed by atoms with Gasteiger partial charge < -0.3 is 15.0 Å². The molecule has 2 N–H and O–H groups in total. The maximum atomic E-state index is 12.4. The highest BCUT2D eigenvalue weighted by Crippen LogP contribution is 2.16. The molecule has 0 radical (unpaired) electrons. The Morgan fingerprint density at radius 3 is 2.80 bits per heavy atom. The molecule has 1 rings (SSSR count). The summed E-state index contributed by atoms with van der Waals surface area (Å²) >= 11 is 8.07. The molecule has 3 unspecified atom stereocenters. The zero-order valence-electron chi connectivity index (χ0n) is 12.3. The fourth-order valence-corrected chi connectivity index (χ4v) is 2.59. The van der Waals surface area contributed by atoms with Crippen molar-refractivity contribution >= 4 is 43.3 Å². The quantitative estimate of drug-likeness (QED) is 0.289. The lowest BCUT2D eigenvalue weighted by atomic mass is 10.2. The number of likely N-dealkylation sites (tertiary alicyclic amines) is 1. The Labute approximate surface area is 131 Å². The van der Waals surface area contributed by atoms with Gasteiger partial charge in [-0.3, -0.25) is 14.9 Å². The molecule has 0 saturated carbocycles. The summed E-state index contributed by atoms with van der Waals surface area (Å²) in [5.74, 6) is -0.215. The molecular weight excluding hydrogens is 298 g/mol. The van der Waals surface area contributed by atoms with E-state index in [1.807, 2.05) is 0 Å². The second-order valence-electron chi connectivity index (χ2n) is 4.64. The standard InChI is InChI=1S/C12H21N3O3S2/c1-8(13-7-20)11(17)14-10(6-19)12(18)15-4-2-3-9(15)5-16/h5,8-10,13,19-20H,2-4,6-7H2,1H3,(H,14,17)/i5D. The highest BCUT2D eigenvalue weighted by molar-refractivity contribution is 7.80. The molecule has 0 aliphatic carbocycles. The molecule has 0 spiro atoms. The minimum Gasteiger partial charge on any atom is -0.342 e. The van der Waals surface area contributed by atoms with E-state index >= 15 is 0 Å². The maximum absolute atomic E-state index is 12.4. The van der Waals surface area contributed by atoms with Crippen molar-refractivity contribution in [2.24, 2.45) is 0 Å². The first-order valence-corrected chi connectivity index (χ1v) is 7.75. The van der Waals surface area contributed by atoms with Crippen LogP contribution < -0.4 is 10.6 Å². The summed E-state index contributed by atoms with van der Waals surface area (Å²) in [5, 5.41) is 5.44. The van der Waals surface area contributed by atoms with Crippen LogP contribution in [0.5, 0.6) is 0 Å². The minimum atomic E-state index is -0.801. The summed E-state index contributed by atoms with van der Waals surface area (Å²) in [6.07, 6.45) is 0.417. The summed E-state index contributed by atoms with van der Waals surface area (Å²) in [7, 11) is 0. The number of hydrogen-bond acceptors (Lipinski definition) is 6. The van der Waals surface area contributed by atoms with Crippen LogP contribution in [0.2, 0.25) is 0 Å². The normalized spacial score (nSPS) is 22.1. The van der Waals surface area contributed by atoms with E-state index in [0.717, 1.165) is 0 Å². The predicted octanol–water partition coefficient (Wildman–Crippen LogP) is -0.544. The molecule has 3 atom stereocenters. The van der Waals surface area contributed by atoms with Crippen molar-refractivity contribution in [2.45, 2.75) is 37.9 Å². The first kappa shape index (κ1) is 15.7. The average Bonchev–Trinajstić information content (AvgIpc) is 2.93. The maximum Gasteiger partial charge on any atom is 0.246 e. The summed E-state index contributed by atoms with van der Waals surface area (Å²) in [5.41, 5.74) is 0. The van der Waals surface area contributed by atoms with E-state index in [4.69, 9.17) is 1.37 Å². The Hall–Kier alpha value is -0.730. The molecule has 1 saturated heterocycles. The molecule has 0 aromatic heterocycles. The molecule has 0 aromatic carbocycles. The van der Waals surface area contributed by atoms with Gasteiger partial charge in [-0.2, -0.15) is 25.3 Å². The Morgan fingerprint density at radius 2 is 2.25 bits per heavy atom. The summed E-state index contributed by atoms with van der Waals surface area (Å²) in [4.78, 5) is 36.9. The van der Waals surface area contributed by atoms with E-state index in [0.29, 0.717) is 25.3 Å². The Morgan fingerprint density at radius 1 is 1.55 bits per heavy atom. The van der Waals surface area contributed by atoms with Crippen LogP contribution in [0.3, 0.4) is 0 Å². The SMILES string of the molecule is [2H]C(=O)C1CCCN1C(=O)C(CS)NC(=O)C(C)NCS. The fraction of sp³-hybridized carbons (Fsp3) is 0.750. The highest BCUT2D eigenvalue weighted by Gasteiger charge is 2.33. The van der Waals surface area contributed by atoms with Crippen molar-refractivity contribution in [3.8, 4) is 0 Å². The van der Waals surface area contributed by atoms with Gasteiger partial charge >= 0.3 is 0 Å². The molecule has 1 aliphatic heterocycles. The van der Waals surface area contributed by atoms with Gasteiger partial charge in [-0.15, -0.1) is 0 Å². The number of aldehydes is 1. The number of hydrogen-bond donors (Lipinski definition) is 4. The summed E-state index contributed by atoms with van der Waals surface area (Å²) in [6.45, 7) is 2.09. The van der Waals surface area contributed by atoms with Gasteiger partial charge in [0.05, 0.1) is 12.1 Å². The van der Waals surface area contributed by atoms with E-state index in [2.05, 4.69) is 35.9 Å². The van der Waals surface area contributed by atoms with Crippen LogP contribution in [0, 0.1) is 0 Å². The Bertz CT molecular complexity index is 411. The van der Waals surface area contributed by atoms with Gasteiger partial charge in [0.2, 0.25) is 11.8 Å². The third-order valence-electron chi connectivity index (χ3n) is 3.26. The summed E-state index contributed by atoms with van der Waals surface area (Å²) in [6, 6.07) is -1.99. The average molecular weight is 320 g/mol.